The van der Waals surface area contributed by atoms with Gasteiger partial charge in [0, 0.05) is 19.0 Å². The van der Waals surface area contributed by atoms with Gasteiger partial charge in [0.1, 0.15) is 0 Å². The summed E-state index contributed by atoms with van der Waals surface area (Å²) in [6, 6.07) is 0.412. The fourth-order valence-electron chi connectivity index (χ4n) is 2.92. The van der Waals surface area contributed by atoms with Gasteiger partial charge in [-0.1, -0.05) is 39.0 Å². The highest BCUT2D eigenvalue weighted by Crippen LogP contribution is 2.22. The van der Waals surface area contributed by atoms with Gasteiger partial charge in [-0.15, -0.1) is 0 Å². The molecule has 1 amide bonds. The largest absolute Gasteiger partial charge is 0.340 e. The van der Waals surface area contributed by atoms with Crippen molar-refractivity contribution >= 4 is 5.91 Å². The molecular formula is C16H32N2O. The number of likely N-dealkylation sites (tertiary alicyclic amines) is 1. The molecule has 2 N–H and O–H groups in total. The van der Waals surface area contributed by atoms with Crippen LogP contribution in [0.1, 0.15) is 71.6 Å². The van der Waals surface area contributed by atoms with E-state index in [1.165, 1.54) is 38.5 Å². The van der Waals surface area contributed by atoms with Gasteiger partial charge in [0.25, 0.3) is 0 Å². The van der Waals surface area contributed by atoms with Crippen LogP contribution in [0.15, 0.2) is 0 Å². The predicted octanol–water partition coefficient (Wildman–Crippen LogP) is 3.32. The van der Waals surface area contributed by atoms with Gasteiger partial charge >= 0.3 is 0 Å². The van der Waals surface area contributed by atoms with Crippen LogP contribution in [0.5, 0.6) is 0 Å². The lowest BCUT2D eigenvalue weighted by molar-refractivity contribution is -0.135. The average molecular weight is 268 g/mol. The van der Waals surface area contributed by atoms with Crippen LogP contribution in [0.4, 0.5) is 0 Å². The van der Waals surface area contributed by atoms with E-state index >= 15 is 0 Å². The van der Waals surface area contributed by atoms with Crippen molar-refractivity contribution in [2.75, 3.05) is 13.1 Å². The van der Waals surface area contributed by atoms with Crippen molar-refractivity contribution in [1.82, 2.24) is 4.90 Å². The number of nitrogens with zero attached hydrogens (tertiary/aromatic N) is 1. The Morgan fingerprint density at radius 2 is 1.84 bits per heavy atom. The highest BCUT2D eigenvalue weighted by molar-refractivity contribution is 5.76. The lowest BCUT2D eigenvalue weighted by atomic mass is 9.93. The van der Waals surface area contributed by atoms with Crippen molar-refractivity contribution in [2.45, 2.75) is 77.7 Å². The maximum absolute atomic E-state index is 12.2. The van der Waals surface area contributed by atoms with E-state index in [2.05, 4.69) is 18.7 Å². The summed E-state index contributed by atoms with van der Waals surface area (Å²) < 4.78 is 0. The average Bonchev–Trinajstić information content (AvgIpc) is 2.43. The van der Waals surface area contributed by atoms with Crippen LogP contribution in [-0.2, 0) is 4.79 Å². The predicted molar refractivity (Wildman–Crippen MR) is 80.9 cm³/mol. The molecule has 0 aromatic rings. The van der Waals surface area contributed by atoms with Crippen molar-refractivity contribution in [2.24, 2.45) is 11.7 Å². The van der Waals surface area contributed by atoms with Gasteiger partial charge in [-0.25, -0.2) is 0 Å². The first-order valence-electron chi connectivity index (χ1n) is 8.18. The molecule has 1 saturated heterocycles. The van der Waals surface area contributed by atoms with Crippen LogP contribution >= 0.6 is 0 Å². The van der Waals surface area contributed by atoms with E-state index in [0.717, 1.165) is 25.8 Å². The number of hydrogen-bond acceptors (Lipinski definition) is 2. The number of hydrogen-bond donors (Lipinski definition) is 1. The summed E-state index contributed by atoms with van der Waals surface area (Å²) in [6.07, 6.45) is 10.5. The first kappa shape index (κ1) is 16.5. The molecule has 0 aromatic heterocycles. The van der Waals surface area contributed by atoms with Crippen LogP contribution in [-0.4, -0.2) is 29.9 Å². The minimum Gasteiger partial charge on any atom is -0.340 e. The normalized spacial score (nSPS) is 23.6. The topological polar surface area (TPSA) is 46.3 Å². The van der Waals surface area contributed by atoms with E-state index in [9.17, 15) is 4.79 Å². The van der Waals surface area contributed by atoms with E-state index < -0.39 is 0 Å². The lowest BCUT2D eigenvalue weighted by Crippen LogP contribution is -2.47. The van der Waals surface area contributed by atoms with Crippen LogP contribution in [0.3, 0.4) is 0 Å². The highest BCUT2D eigenvalue weighted by atomic mass is 16.2. The lowest BCUT2D eigenvalue weighted by Gasteiger charge is -2.37. The third kappa shape index (κ3) is 5.94. The number of piperidine rings is 1. The summed E-state index contributed by atoms with van der Waals surface area (Å²) in [5.41, 5.74) is 5.74. The van der Waals surface area contributed by atoms with Gasteiger partial charge in [-0.2, -0.15) is 0 Å². The number of carbonyl (C=O) groups is 1. The minimum atomic E-state index is 0.348. The SMILES string of the molecule is CCCCCCCCC(=O)N1CC(CN)CCC1C. The first-order chi connectivity index (χ1) is 9.19. The molecule has 0 saturated carbocycles. The summed E-state index contributed by atoms with van der Waals surface area (Å²) in [5.74, 6) is 0.867. The molecule has 0 aliphatic carbocycles. The zero-order valence-corrected chi connectivity index (χ0v) is 12.9. The Hall–Kier alpha value is -0.570. The molecule has 0 aromatic carbocycles. The summed E-state index contributed by atoms with van der Waals surface area (Å²) in [7, 11) is 0. The third-order valence-corrected chi connectivity index (χ3v) is 4.38. The van der Waals surface area contributed by atoms with Gasteiger partial charge in [0.15, 0.2) is 0 Å². The Kier molecular flexibility index (Phi) is 8.11. The molecule has 1 rings (SSSR count). The Bertz CT molecular complexity index is 255. The molecule has 1 fully saturated rings. The molecule has 2 atom stereocenters. The number of amides is 1. The molecule has 1 aliphatic heterocycles. The van der Waals surface area contributed by atoms with Gasteiger partial charge in [0.2, 0.25) is 5.91 Å². The van der Waals surface area contributed by atoms with Crippen molar-refractivity contribution in [3.63, 3.8) is 0 Å². The van der Waals surface area contributed by atoms with Crippen molar-refractivity contribution in [3.8, 4) is 0 Å². The van der Waals surface area contributed by atoms with Gasteiger partial charge in [-0.05, 0) is 38.6 Å². The monoisotopic (exact) mass is 268 g/mol. The summed E-state index contributed by atoms with van der Waals surface area (Å²) >= 11 is 0. The van der Waals surface area contributed by atoms with E-state index in [1.807, 2.05) is 0 Å². The fraction of sp³-hybridized carbons (Fsp3) is 0.938. The maximum Gasteiger partial charge on any atom is 0.222 e. The Morgan fingerprint density at radius 3 is 2.53 bits per heavy atom. The third-order valence-electron chi connectivity index (χ3n) is 4.38. The number of unbranched alkanes of at least 4 members (excludes halogenated alkanes) is 5. The molecule has 0 radical (unpaired) electrons. The zero-order valence-electron chi connectivity index (χ0n) is 12.9. The van der Waals surface area contributed by atoms with Crippen LogP contribution < -0.4 is 5.73 Å². The highest BCUT2D eigenvalue weighted by Gasteiger charge is 2.27. The molecule has 3 nitrogen and oxygen atoms in total. The van der Waals surface area contributed by atoms with Crippen LogP contribution in [0.2, 0.25) is 0 Å². The van der Waals surface area contributed by atoms with E-state index in [1.54, 1.807) is 0 Å². The molecule has 2 unspecified atom stereocenters. The molecule has 3 heteroatoms. The van der Waals surface area contributed by atoms with Gasteiger partial charge in [0.05, 0.1) is 0 Å². The van der Waals surface area contributed by atoms with Gasteiger partial charge in [-0.3, -0.25) is 4.79 Å². The second kappa shape index (κ2) is 9.35. The van der Waals surface area contributed by atoms with Crippen LogP contribution in [0, 0.1) is 5.92 Å². The standard InChI is InChI=1S/C16H32N2O/c1-3-4-5-6-7-8-9-16(19)18-13-15(12-17)11-10-14(18)2/h14-15H,3-13,17H2,1-2H3. The molecule has 1 aliphatic rings. The van der Waals surface area contributed by atoms with Crippen molar-refractivity contribution in [3.05, 3.63) is 0 Å². The van der Waals surface area contributed by atoms with Crippen molar-refractivity contribution < 1.29 is 4.79 Å². The second-order valence-electron chi connectivity index (χ2n) is 6.09. The van der Waals surface area contributed by atoms with E-state index in [-0.39, 0.29) is 0 Å². The number of rotatable bonds is 8. The fourth-order valence-corrected chi connectivity index (χ4v) is 2.92. The smallest absolute Gasteiger partial charge is 0.222 e. The molecule has 1 heterocycles. The molecule has 0 spiro atoms. The summed E-state index contributed by atoms with van der Waals surface area (Å²) in [5, 5.41) is 0. The number of nitrogens with two attached hydrogens (primary N) is 1. The zero-order chi connectivity index (χ0) is 14.1. The van der Waals surface area contributed by atoms with E-state index in [4.69, 9.17) is 5.73 Å². The first-order valence-corrected chi connectivity index (χ1v) is 8.18. The molecule has 112 valence electrons. The van der Waals surface area contributed by atoms with Gasteiger partial charge < -0.3 is 10.6 Å². The summed E-state index contributed by atoms with van der Waals surface area (Å²) in [6.45, 7) is 6.00. The maximum atomic E-state index is 12.2. The van der Waals surface area contributed by atoms with Crippen molar-refractivity contribution in [1.29, 1.82) is 0 Å². The Morgan fingerprint density at radius 1 is 1.16 bits per heavy atom. The second-order valence-corrected chi connectivity index (χ2v) is 6.09. The minimum absolute atomic E-state index is 0.348. The Balaban J connectivity index is 2.20. The summed E-state index contributed by atoms with van der Waals surface area (Å²) in [4.78, 5) is 14.3. The van der Waals surface area contributed by atoms with Crippen LogP contribution in [0.25, 0.3) is 0 Å². The molecular weight excluding hydrogens is 236 g/mol. The Labute approximate surface area is 118 Å². The molecule has 0 bridgehead atoms. The van der Waals surface area contributed by atoms with E-state index in [0.29, 0.717) is 24.4 Å². The molecule has 19 heavy (non-hydrogen) atoms. The number of carbonyl (C=O) groups excluding carboxylic acids is 1. The quantitative estimate of drug-likeness (QED) is 0.686.